The second kappa shape index (κ2) is 7.64. The molecule has 1 amide bonds. The van der Waals surface area contributed by atoms with Crippen molar-refractivity contribution in [2.45, 2.75) is 38.6 Å². The van der Waals surface area contributed by atoms with Crippen molar-refractivity contribution in [1.82, 2.24) is 9.29 Å². The highest BCUT2D eigenvalue weighted by Crippen LogP contribution is 2.33. The van der Waals surface area contributed by atoms with Crippen molar-refractivity contribution in [2.24, 2.45) is 0 Å². The molecule has 1 aliphatic heterocycles. The molecule has 29 heavy (non-hydrogen) atoms. The van der Waals surface area contributed by atoms with E-state index in [1.807, 2.05) is 38.3 Å². The van der Waals surface area contributed by atoms with Crippen LogP contribution in [0.3, 0.4) is 0 Å². The van der Waals surface area contributed by atoms with Crippen LogP contribution in [0.15, 0.2) is 33.9 Å². The van der Waals surface area contributed by atoms with E-state index in [9.17, 15) is 13.2 Å². The SMILES string of the molecule is Cc1cc(C)c(S(=O)(=O)N2CCc3nc(NC(=O)c4ccsc4)sc3C2)c(C)c1. The standard InChI is InChI=1S/C20H21N3O3S3/c1-12-8-13(2)18(14(3)9-12)29(25,26)23-6-4-16-17(10-23)28-20(21-16)22-19(24)15-5-7-27-11-15/h5,7-9,11H,4,6,10H2,1-3H3,(H,21,22,24). The lowest BCUT2D eigenvalue weighted by Crippen LogP contribution is -2.36. The van der Waals surface area contributed by atoms with Gasteiger partial charge in [-0.25, -0.2) is 13.4 Å². The van der Waals surface area contributed by atoms with Gasteiger partial charge in [0.1, 0.15) is 0 Å². The number of amides is 1. The molecule has 0 atom stereocenters. The monoisotopic (exact) mass is 447 g/mol. The quantitative estimate of drug-likeness (QED) is 0.652. The average molecular weight is 448 g/mol. The molecule has 6 nitrogen and oxygen atoms in total. The van der Waals surface area contributed by atoms with E-state index in [0.717, 1.165) is 27.3 Å². The highest BCUT2D eigenvalue weighted by atomic mass is 32.2. The number of nitrogens with one attached hydrogen (secondary N) is 1. The highest BCUT2D eigenvalue weighted by molar-refractivity contribution is 7.89. The molecule has 3 heterocycles. The molecule has 1 aliphatic rings. The Hall–Kier alpha value is -2.07. The van der Waals surface area contributed by atoms with Gasteiger partial charge in [0, 0.05) is 23.2 Å². The Balaban J connectivity index is 1.57. The third kappa shape index (κ3) is 3.87. The van der Waals surface area contributed by atoms with E-state index >= 15 is 0 Å². The Labute approximate surface area is 178 Å². The van der Waals surface area contributed by atoms with Crippen LogP contribution in [0.4, 0.5) is 5.13 Å². The lowest BCUT2D eigenvalue weighted by molar-refractivity contribution is 0.102. The van der Waals surface area contributed by atoms with Crippen molar-refractivity contribution in [2.75, 3.05) is 11.9 Å². The smallest absolute Gasteiger partial charge is 0.258 e. The molecule has 3 aromatic rings. The number of carbonyl (C=O) groups is 1. The molecule has 0 spiro atoms. The number of benzene rings is 1. The minimum atomic E-state index is -3.61. The minimum absolute atomic E-state index is 0.201. The van der Waals surface area contributed by atoms with Gasteiger partial charge in [0.2, 0.25) is 10.0 Å². The summed E-state index contributed by atoms with van der Waals surface area (Å²) in [5.41, 5.74) is 4.04. The summed E-state index contributed by atoms with van der Waals surface area (Å²) < 4.78 is 28.2. The summed E-state index contributed by atoms with van der Waals surface area (Å²) >= 11 is 2.80. The molecule has 0 saturated carbocycles. The van der Waals surface area contributed by atoms with Gasteiger partial charge in [0.15, 0.2) is 5.13 Å². The number of aryl methyl sites for hydroxylation is 3. The van der Waals surface area contributed by atoms with E-state index in [2.05, 4.69) is 10.3 Å². The lowest BCUT2D eigenvalue weighted by Gasteiger charge is -2.27. The molecule has 1 aromatic carbocycles. The molecule has 0 unspecified atom stereocenters. The molecule has 0 saturated heterocycles. The summed E-state index contributed by atoms with van der Waals surface area (Å²) in [6.07, 6.45) is 0.531. The lowest BCUT2D eigenvalue weighted by atomic mass is 10.1. The van der Waals surface area contributed by atoms with E-state index in [1.54, 1.807) is 11.4 Å². The number of anilines is 1. The first-order valence-electron chi connectivity index (χ1n) is 9.16. The molecule has 9 heteroatoms. The van der Waals surface area contributed by atoms with Crippen LogP contribution >= 0.6 is 22.7 Å². The van der Waals surface area contributed by atoms with Crippen LogP contribution in [0.5, 0.6) is 0 Å². The third-order valence-corrected chi connectivity index (χ3v) is 8.74. The maximum Gasteiger partial charge on any atom is 0.258 e. The van der Waals surface area contributed by atoms with Gasteiger partial charge in [0.05, 0.1) is 22.7 Å². The second-order valence-electron chi connectivity index (χ2n) is 7.17. The number of sulfonamides is 1. The number of fused-ring (bicyclic) bond motifs is 1. The zero-order valence-electron chi connectivity index (χ0n) is 16.4. The van der Waals surface area contributed by atoms with Crippen molar-refractivity contribution in [1.29, 1.82) is 0 Å². The van der Waals surface area contributed by atoms with Crippen LogP contribution in [0, 0.1) is 20.8 Å². The summed E-state index contributed by atoms with van der Waals surface area (Å²) in [4.78, 5) is 18.0. The molecule has 0 bridgehead atoms. The van der Waals surface area contributed by atoms with E-state index < -0.39 is 10.0 Å². The maximum absolute atomic E-state index is 13.3. The Morgan fingerprint density at radius 3 is 2.59 bits per heavy atom. The van der Waals surface area contributed by atoms with Gasteiger partial charge in [-0.15, -0.1) is 11.3 Å². The predicted octanol–water partition coefficient (Wildman–Crippen LogP) is 4.13. The van der Waals surface area contributed by atoms with Crippen LogP contribution in [0.25, 0.3) is 0 Å². The predicted molar refractivity (Wildman–Crippen MR) is 116 cm³/mol. The average Bonchev–Trinajstić information content (AvgIpc) is 3.29. The van der Waals surface area contributed by atoms with Crippen LogP contribution in [-0.4, -0.2) is 30.2 Å². The van der Waals surface area contributed by atoms with Crippen molar-refractivity contribution in [3.63, 3.8) is 0 Å². The Morgan fingerprint density at radius 2 is 1.93 bits per heavy atom. The van der Waals surface area contributed by atoms with Crippen molar-refractivity contribution in [3.05, 3.63) is 61.8 Å². The number of thiazole rings is 1. The second-order valence-corrected chi connectivity index (χ2v) is 10.9. The van der Waals surface area contributed by atoms with Gasteiger partial charge in [-0.2, -0.15) is 15.6 Å². The van der Waals surface area contributed by atoms with E-state index in [1.165, 1.54) is 27.0 Å². The van der Waals surface area contributed by atoms with Crippen LogP contribution in [0.1, 0.15) is 37.6 Å². The molecule has 0 fully saturated rings. The summed E-state index contributed by atoms with van der Waals surface area (Å²) in [5.74, 6) is -0.201. The first-order chi connectivity index (χ1) is 13.8. The highest BCUT2D eigenvalue weighted by Gasteiger charge is 2.32. The molecular weight excluding hydrogens is 426 g/mol. The number of rotatable bonds is 4. The van der Waals surface area contributed by atoms with Gasteiger partial charge in [-0.05, 0) is 43.3 Å². The van der Waals surface area contributed by atoms with Crippen LogP contribution < -0.4 is 5.32 Å². The largest absolute Gasteiger partial charge is 0.298 e. The number of nitrogens with zero attached hydrogens (tertiary/aromatic N) is 2. The van der Waals surface area contributed by atoms with E-state index in [0.29, 0.717) is 28.6 Å². The van der Waals surface area contributed by atoms with Crippen molar-refractivity contribution >= 4 is 43.7 Å². The van der Waals surface area contributed by atoms with Gasteiger partial charge >= 0.3 is 0 Å². The van der Waals surface area contributed by atoms with Gasteiger partial charge < -0.3 is 0 Å². The molecule has 0 aliphatic carbocycles. The van der Waals surface area contributed by atoms with E-state index in [4.69, 9.17) is 0 Å². The van der Waals surface area contributed by atoms with Gasteiger partial charge in [-0.1, -0.05) is 17.7 Å². The minimum Gasteiger partial charge on any atom is -0.298 e. The molecule has 0 radical (unpaired) electrons. The number of carbonyl (C=O) groups excluding carboxylic acids is 1. The Morgan fingerprint density at radius 1 is 1.21 bits per heavy atom. The first-order valence-corrected chi connectivity index (χ1v) is 12.4. The fraction of sp³-hybridized carbons (Fsp3) is 0.300. The maximum atomic E-state index is 13.3. The summed E-state index contributed by atoms with van der Waals surface area (Å²) in [7, 11) is -3.61. The molecule has 152 valence electrons. The Kier molecular flexibility index (Phi) is 5.32. The fourth-order valence-electron chi connectivity index (χ4n) is 3.70. The third-order valence-electron chi connectivity index (χ3n) is 4.90. The van der Waals surface area contributed by atoms with Crippen LogP contribution in [-0.2, 0) is 23.0 Å². The first kappa shape index (κ1) is 20.2. The summed E-state index contributed by atoms with van der Waals surface area (Å²) in [6, 6.07) is 5.56. The summed E-state index contributed by atoms with van der Waals surface area (Å²) in [5, 5.41) is 6.95. The Bertz CT molecular complexity index is 1160. The van der Waals surface area contributed by atoms with E-state index in [-0.39, 0.29) is 12.5 Å². The number of thiophene rings is 1. The number of aromatic nitrogens is 1. The number of hydrogen-bond donors (Lipinski definition) is 1. The van der Waals surface area contributed by atoms with Crippen molar-refractivity contribution < 1.29 is 13.2 Å². The fourth-order valence-corrected chi connectivity index (χ4v) is 7.25. The zero-order chi connectivity index (χ0) is 20.8. The molecule has 4 rings (SSSR count). The van der Waals surface area contributed by atoms with Crippen molar-refractivity contribution in [3.8, 4) is 0 Å². The zero-order valence-corrected chi connectivity index (χ0v) is 18.8. The molecule has 1 N–H and O–H groups in total. The number of hydrogen-bond acceptors (Lipinski definition) is 6. The molecular formula is C20H21N3O3S3. The van der Waals surface area contributed by atoms with Crippen LogP contribution in [0.2, 0.25) is 0 Å². The summed E-state index contributed by atoms with van der Waals surface area (Å²) in [6.45, 7) is 6.30. The molecule has 2 aromatic heterocycles. The normalized spacial score (nSPS) is 14.6. The topological polar surface area (TPSA) is 79.4 Å². The van der Waals surface area contributed by atoms with Gasteiger partial charge in [0.25, 0.3) is 5.91 Å². The van der Waals surface area contributed by atoms with Gasteiger partial charge in [-0.3, -0.25) is 10.1 Å².